The minimum atomic E-state index is -3.85. The lowest BCUT2D eigenvalue weighted by Crippen LogP contribution is -2.48. The molecular formula is C30H32N2O6S. The summed E-state index contributed by atoms with van der Waals surface area (Å²) in [6.07, 6.45) is 3.53. The number of amides is 1. The predicted octanol–water partition coefficient (Wildman–Crippen LogP) is 4.13. The number of Topliss-reactive ketones (excluding diaryl/α,β-unsaturated/α-hetero) is 1. The smallest absolute Gasteiger partial charge is 0.258 e. The molecule has 6 rings (SSSR count). The van der Waals surface area contributed by atoms with Crippen molar-refractivity contribution in [1.29, 1.82) is 0 Å². The first-order chi connectivity index (χ1) is 18.9. The lowest BCUT2D eigenvalue weighted by Gasteiger charge is -2.34. The van der Waals surface area contributed by atoms with Gasteiger partial charge >= 0.3 is 0 Å². The van der Waals surface area contributed by atoms with Gasteiger partial charge in [0.2, 0.25) is 10.0 Å². The van der Waals surface area contributed by atoms with Crippen LogP contribution in [0.5, 0.6) is 5.75 Å². The Kier molecular flexibility index (Phi) is 6.91. The summed E-state index contributed by atoms with van der Waals surface area (Å²) in [5, 5.41) is 1.73. The van der Waals surface area contributed by atoms with Crippen LogP contribution >= 0.6 is 0 Å². The van der Waals surface area contributed by atoms with Crippen molar-refractivity contribution in [2.24, 2.45) is 0 Å². The molecule has 3 aromatic rings. The van der Waals surface area contributed by atoms with E-state index in [0.29, 0.717) is 44.7 Å². The molecule has 1 saturated heterocycles. The Morgan fingerprint density at radius 2 is 2.00 bits per heavy atom. The number of sulfonamides is 1. The number of nitrogens with zero attached hydrogens (tertiary/aromatic N) is 2. The molecule has 0 spiro atoms. The molecule has 0 aliphatic carbocycles. The molecule has 0 bridgehead atoms. The van der Waals surface area contributed by atoms with E-state index in [4.69, 9.17) is 9.47 Å². The SMILES string of the molecule is COCCCN1C(=O)c2cccc3c(CC(=O)C4CCCCN4S(=O)(=O)c4ccc5c(c4)CCO5)ccc1c23. The van der Waals surface area contributed by atoms with Gasteiger partial charge in [-0.15, -0.1) is 0 Å². The molecule has 1 amide bonds. The number of carbonyl (C=O) groups is 2. The summed E-state index contributed by atoms with van der Waals surface area (Å²) in [6.45, 7) is 1.99. The third-order valence-corrected chi connectivity index (χ3v) is 9.97. The number of benzene rings is 3. The van der Waals surface area contributed by atoms with Gasteiger partial charge in [0.25, 0.3) is 5.91 Å². The average molecular weight is 549 g/mol. The van der Waals surface area contributed by atoms with Crippen LogP contribution in [0.15, 0.2) is 53.4 Å². The van der Waals surface area contributed by atoms with Crippen molar-refractivity contribution in [3.8, 4) is 5.75 Å². The summed E-state index contributed by atoms with van der Waals surface area (Å²) in [5.74, 6) is 0.562. The Morgan fingerprint density at radius 1 is 1.13 bits per heavy atom. The third kappa shape index (κ3) is 4.52. The van der Waals surface area contributed by atoms with Crippen LogP contribution in [0.2, 0.25) is 0 Å². The first-order valence-corrected chi connectivity index (χ1v) is 15.0. The highest BCUT2D eigenvalue weighted by Crippen LogP contribution is 2.39. The van der Waals surface area contributed by atoms with Crippen LogP contribution in [-0.2, 0) is 32.4 Å². The second kappa shape index (κ2) is 10.4. The molecule has 1 atom stereocenters. The summed E-state index contributed by atoms with van der Waals surface area (Å²) in [6, 6.07) is 13.7. The predicted molar refractivity (Wildman–Crippen MR) is 148 cm³/mol. The topological polar surface area (TPSA) is 93.2 Å². The highest BCUT2D eigenvalue weighted by molar-refractivity contribution is 7.89. The van der Waals surface area contributed by atoms with Crippen LogP contribution in [-0.4, -0.2) is 63.9 Å². The number of ketones is 1. The molecule has 0 aromatic heterocycles. The number of piperidine rings is 1. The lowest BCUT2D eigenvalue weighted by molar-refractivity contribution is -0.122. The van der Waals surface area contributed by atoms with E-state index in [2.05, 4.69) is 0 Å². The average Bonchev–Trinajstić information content (AvgIpc) is 3.53. The molecule has 1 unspecified atom stereocenters. The Hall–Kier alpha value is -3.27. The van der Waals surface area contributed by atoms with Crippen molar-refractivity contribution in [2.75, 3.05) is 38.3 Å². The van der Waals surface area contributed by atoms with E-state index < -0.39 is 16.1 Å². The summed E-state index contributed by atoms with van der Waals surface area (Å²) in [5.41, 5.74) is 3.18. The zero-order chi connectivity index (χ0) is 27.1. The fourth-order valence-corrected chi connectivity index (χ4v) is 7.86. The van der Waals surface area contributed by atoms with Gasteiger partial charge in [0, 0.05) is 50.6 Å². The van der Waals surface area contributed by atoms with E-state index in [-0.39, 0.29) is 23.0 Å². The van der Waals surface area contributed by atoms with Crippen LogP contribution in [0.25, 0.3) is 10.8 Å². The molecule has 1 fully saturated rings. The van der Waals surface area contributed by atoms with Crippen molar-refractivity contribution in [3.63, 3.8) is 0 Å². The molecule has 0 saturated carbocycles. The summed E-state index contributed by atoms with van der Waals surface area (Å²) >= 11 is 0. The van der Waals surface area contributed by atoms with Gasteiger partial charge in [-0.1, -0.05) is 24.6 Å². The quantitative estimate of drug-likeness (QED) is 0.374. The molecule has 3 aliphatic heterocycles. The van der Waals surface area contributed by atoms with Crippen LogP contribution in [0.4, 0.5) is 5.69 Å². The molecule has 8 nitrogen and oxygen atoms in total. The van der Waals surface area contributed by atoms with Crippen molar-refractivity contribution in [2.45, 2.75) is 49.5 Å². The van der Waals surface area contributed by atoms with E-state index in [1.54, 1.807) is 30.2 Å². The van der Waals surface area contributed by atoms with Gasteiger partial charge in [0.05, 0.1) is 23.2 Å². The number of carbonyl (C=O) groups excluding carboxylic acids is 2. The largest absolute Gasteiger partial charge is 0.493 e. The second-order valence-electron chi connectivity index (χ2n) is 10.4. The molecule has 0 N–H and O–H groups in total. The van der Waals surface area contributed by atoms with Gasteiger partial charge in [-0.2, -0.15) is 4.31 Å². The highest BCUT2D eigenvalue weighted by atomic mass is 32.2. The van der Waals surface area contributed by atoms with Crippen molar-refractivity contribution >= 4 is 38.2 Å². The maximum absolute atomic E-state index is 13.8. The van der Waals surface area contributed by atoms with Crippen molar-refractivity contribution in [3.05, 3.63) is 65.2 Å². The van der Waals surface area contributed by atoms with Crippen molar-refractivity contribution < 1.29 is 27.5 Å². The zero-order valence-electron chi connectivity index (χ0n) is 22.0. The number of hydrogen-bond acceptors (Lipinski definition) is 6. The van der Waals surface area contributed by atoms with Crippen LogP contribution in [0.1, 0.15) is 47.2 Å². The van der Waals surface area contributed by atoms with Gasteiger partial charge in [0.15, 0.2) is 5.78 Å². The van der Waals surface area contributed by atoms with Gasteiger partial charge in [-0.05, 0) is 66.1 Å². The molecule has 3 heterocycles. The van der Waals surface area contributed by atoms with Crippen molar-refractivity contribution in [1.82, 2.24) is 4.31 Å². The van der Waals surface area contributed by atoms with E-state index >= 15 is 0 Å². The van der Waals surface area contributed by atoms with Gasteiger partial charge in [-0.3, -0.25) is 9.59 Å². The lowest BCUT2D eigenvalue weighted by atomic mass is 9.93. The summed E-state index contributed by atoms with van der Waals surface area (Å²) < 4.78 is 39.6. The number of methoxy groups -OCH3 is 1. The molecule has 204 valence electrons. The first kappa shape index (κ1) is 26.0. The van der Waals surface area contributed by atoms with Crippen LogP contribution in [0, 0.1) is 0 Å². The standard InChI is InChI=1S/C30H32N2O6S/c1-37-16-5-14-31-26-11-9-20(23-6-4-7-24(29(23)26)30(31)34)19-27(33)25-8-2-3-15-32(25)39(35,36)22-10-12-28-21(18-22)13-17-38-28/h4,6-7,9-12,18,25H,2-3,5,8,13-17,19H2,1H3. The molecule has 9 heteroatoms. The van der Waals surface area contributed by atoms with E-state index in [9.17, 15) is 18.0 Å². The highest BCUT2D eigenvalue weighted by Gasteiger charge is 2.38. The first-order valence-electron chi connectivity index (χ1n) is 13.6. The molecule has 3 aromatic carbocycles. The van der Waals surface area contributed by atoms with Gasteiger partial charge < -0.3 is 14.4 Å². The van der Waals surface area contributed by atoms with Crippen LogP contribution in [0.3, 0.4) is 0 Å². The maximum atomic E-state index is 13.8. The maximum Gasteiger partial charge on any atom is 0.258 e. The summed E-state index contributed by atoms with van der Waals surface area (Å²) in [7, 11) is -2.20. The monoisotopic (exact) mass is 548 g/mol. The van der Waals surface area contributed by atoms with E-state index in [1.165, 1.54) is 4.31 Å². The fourth-order valence-electron chi connectivity index (χ4n) is 6.13. The number of ether oxygens (including phenoxy) is 2. The number of rotatable bonds is 9. The minimum Gasteiger partial charge on any atom is -0.493 e. The molecular weight excluding hydrogens is 516 g/mol. The molecule has 3 aliphatic rings. The number of fused-ring (bicyclic) bond motifs is 1. The Balaban J connectivity index is 1.28. The Bertz CT molecular complexity index is 1570. The third-order valence-electron chi connectivity index (χ3n) is 8.06. The fraction of sp³-hybridized carbons (Fsp3) is 0.400. The van der Waals surface area contributed by atoms with E-state index in [1.807, 2.05) is 30.3 Å². The van der Waals surface area contributed by atoms with Crippen LogP contribution < -0.4 is 9.64 Å². The molecule has 0 radical (unpaired) electrons. The number of hydrogen-bond donors (Lipinski definition) is 0. The van der Waals surface area contributed by atoms with Gasteiger partial charge in [0.1, 0.15) is 5.75 Å². The van der Waals surface area contributed by atoms with E-state index in [0.717, 1.165) is 52.6 Å². The Morgan fingerprint density at radius 3 is 2.85 bits per heavy atom. The van der Waals surface area contributed by atoms with Gasteiger partial charge in [-0.25, -0.2) is 8.42 Å². The Labute approximate surface area is 228 Å². The minimum absolute atomic E-state index is 0.0422. The second-order valence-corrected chi connectivity index (χ2v) is 12.3. The zero-order valence-corrected chi connectivity index (χ0v) is 22.8. The normalized spacial score (nSPS) is 18.9. The molecule has 39 heavy (non-hydrogen) atoms. The summed E-state index contributed by atoms with van der Waals surface area (Å²) in [4.78, 5) is 28.9. The number of anilines is 1.